The third-order valence-electron chi connectivity index (χ3n) is 8.30. The third-order valence-corrected chi connectivity index (χ3v) is 8.30. The van der Waals surface area contributed by atoms with Gasteiger partial charge in [0, 0.05) is 26.1 Å². The minimum atomic E-state index is -0.195. The van der Waals surface area contributed by atoms with Gasteiger partial charge < -0.3 is 19.0 Å². The Morgan fingerprint density at radius 1 is 0.925 bits per heavy atom. The van der Waals surface area contributed by atoms with Crippen LogP contribution in [0.25, 0.3) is 11.0 Å². The van der Waals surface area contributed by atoms with Crippen molar-refractivity contribution >= 4 is 22.8 Å². The normalized spacial score (nSPS) is 17.4. The largest absolute Gasteiger partial charge is 0.464 e. The summed E-state index contributed by atoms with van der Waals surface area (Å²) in [6.45, 7) is 3.45. The highest BCUT2D eigenvalue weighted by Crippen LogP contribution is 2.29. The number of nitrogens with zero attached hydrogens (tertiary/aromatic N) is 2. The van der Waals surface area contributed by atoms with Gasteiger partial charge in [-0.25, -0.2) is 0 Å². The first kappa shape index (κ1) is 28.1. The van der Waals surface area contributed by atoms with Crippen LogP contribution in [-0.4, -0.2) is 47.4 Å². The molecule has 2 fully saturated rings. The van der Waals surface area contributed by atoms with Gasteiger partial charge in [-0.15, -0.1) is 0 Å². The molecule has 1 atom stereocenters. The Balaban J connectivity index is 1.36. The number of amides is 2. The van der Waals surface area contributed by atoms with Crippen molar-refractivity contribution in [3.05, 3.63) is 81.7 Å². The van der Waals surface area contributed by atoms with Gasteiger partial charge in [0.15, 0.2) is 5.43 Å². The summed E-state index contributed by atoms with van der Waals surface area (Å²) in [6, 6.07) is 15.2. The van der Waals surface area contributed by atoms with Crippen LogP contribution in [0.1, 0.15) is 68.1 Å². The van der Waals surface area contributed by atoms with E-state index in [9.17, 15) is 14.4 Å². The standard InChI is InChI=1S/C33H40N2O5/c1-24-13-15-30-29(18-24)33(38)27(23-40-30)20-34(19-26-10-3-2-4-11-26)32(37)22-35(21-28-12-7-17-39-28)31(36)16-14-25-8-5-6-9-25/h2-4,10-11,13,15,18,23,25,28H,5-9,12,14,16-17,19-22H2,1H3. The Hall–Kier alpha value is -3.45. The number of carbonyl (C=O) groups excluding carboxylic acids is 2. The van der Waals surface area contributed by atoms with Crippen molar-refractivity contribution in [2.24, 2.45) is 5.92 Å². The summed E-state index contributed by atoms with van der Waals surface area (Å²) in [5.41, 5.74) is 2.72. The lowest BCUT2D eigenvalue weighted by Crippen LogP contribution is -2.45. The number of benzene rings is 2. The van der Waals surface area contributed by atoms with Gasteiger partial charge in [0.2, 0.25) is 11.8 Å². The molecule has 7 nitrogen and oxygen atoms in total. The number of rotatable bonds is 11. The molecule has 1 saturated carbocycles. The lowest BCUT2D eigenvalue weighted by molar-refractivity contribution is -0.142. The first-order valence-electron chi connectivity index (χ1n) is 14.7. The summed E-state index contributed by atoms with van der Waals surface area (Å²) >= 11 is 0. The Morgan fingerprint density at radius 2 is 1.73 bits per heavy atom. The molecule has 0 radical (unpaired) electrons. The molecule has 1 saturated heterocycles. The van der Waals surface area contributed by atoms with E-state index in [0.29, 0.717) is 48.6 Å². The molecule has 5 rings (SSSR count). The average Bonchev–Trinajstić information content (AvgIpc) is 3.68. The van der Waals surface area contributed by atoms with Crippen LogP contribution in [-0.2, 0) is 27.4 Å². The molecule has 1 aliphatic carbocycles. The van der Waals surface area contributed by atoms with E-state index in [1.165, 1.54) is 31.9 Å². The maximum absolute atomic E-state index is 13.9. The topological polar surface area (TPSA) is 80.1 Å². The van der Waals surface area contributed by atoms with Gasteiger partial charge in [-0.1, -0.05) is 67.6 Å². The molecule has 40 heavy (non-hydrogen) atoms. The highest BCUT2D eigenvalue weighted by Gasteiger charge is 2.28. The van der Waals surface area contributed by atoms with Crippen molar-refractivity contribution < 1.29 is 18.7 Å². The molecular weight excluding hydrogens is 504 g/mol. The van der Waals surface area contributed by atoms with Crippen LogP contribution in [0.4, 0.5) is 0 Å². The zero-order chi connectivity index (χ0) is 27.9. The lowest BCUT2D eigenvalue weighted by atomic mass is 10.0. The van der Waals surface area contributed by atoms with E-state index in [4.69, 9.17) is 9.15 Å². The van der Waals surface area contributed by atoms with Crippen LogP contribution >= 0.6 is 0 Å². The first-order valence-corrected chi connectivity index (χ1v) is 14.7. The van der Waals surface area contributed by atoms with Crippen LogP contribution in [0.3, 0.4) is 0 Å². The highest BCUT2D eigenvalue weighted by atomic mass is 16.5. The molecule has 2 aromatic carbocycles. The molecule has 1 unspecified atom stereocenters. The maximum Gasteiger partial charge on any atom is 0.242 e. The molecule has 2 aliphatic rings. The van der Waals surface area contributed by atoms with Gasteiger partial charge in [0.25, 0.3) is 0 Å². The monoisotopic (exact) mass is 544 g/mol. The number of hydrogen-bond donors (Lipinski definition) is 0. The Kier molecular flexibility index (Phi) is 9.32. The Labute approximate surface area is 236 Å². The molecule has 7 heteroatoms. The second-order valence-corrected chi connectivity index (χ2v) is 11.4. The van der Waals surface area contributed by atoms with Crippen LogP contribution in [0.5, 0.6) is 0 Å². The zero-order valence-corrected chi connectivity index (χ0v) is 23.5. The molecule has 3 aromatic rings. The predicted octanol–water partition coefficient (Wildman–Crippen LogP) is 5.61. The van der Waals surface area contributed by atoms with Crippen LogP contribution in [0, 0.1) is 12.8 Å². The van der Waals surface area contributed by atoms with E-state index in [2.05, 4.69) is 0 Å². The SMILES string of the molecule is Cc1ccc2occ(CN(Cc3ccccc3)C(=O)CN(CC3CCCO3)C(=O)CCC3CCCC3)c(=O)c2c1. The van der Waals surface area contributed by atoms with Gasteiger partial charge in [0.1, 0.15) is 5.58 Å². The fraction of sp³-hybridized carbons (Fsp3) is 0.485. The Morgan fingerprint density at radius 3 is 2.48 bits per heavy atom. The smallest absolute Gasteiger partial charge is 0.242 e. The molecule has 1 aromatic heterocycles. The van der Waals surface area contributed by atoms with E-state index in [-0.39, 0.29) is 36.4 Å². The second-order valence-electron chi connectivity index (χ2n) is 11.4. The van der Waals surface area contributed by atoms with Crippen molar-refractivity contribution in [2.75, 3.05) is 19.7 Å². The zero-order valence-electron chi connectivity index (χ0n) is 23.5. The fourth-order valence-corrected chi connectivity index (χ4v) is 5.97. The van der Waals surface area contributed by atoms with Gasteiger partial charge >= 0.3 is 0 Å². The van der Waals surface area contributed by atoms with Gasteiger partial charge in [-0.2, -0.15) is 0 Å². The molecule has 0 bridgehead atoms. The van der Waals surface area contributed by atoms with E-state index in [1.54, 1.807) is 15.9 Å². The predicted molar refractivity (Wildman–Crippen MR) is 155 cm³/mol. The van der Waals surface area contributed by atoms with Crippen LogP contribution in [0.15, 0.2) is 64.0 Å². The summed E-state index contributed by atoms with van der Waals surface area (Å²) in [5, 5.41) is 0.506. The van der Waals surface area contributed by atoms with Crippen LogP contribution in [0.2, 0.25) is 0 Å². The van der Waals surface area contributed by atoms with Gasteiger partial charge in [0.05, 0.1) is 36.4 Å². The molecule has 2 heterocycles. The second kappa shape index (κ2) is 13.3. The quantitative estimate of drug-likeness (QED) is 0.314. The van der Waals surface area contributed by atoms with Crippen LogP contribution < -0.4 is 5.43 Å². The van der Waals surface area contributed by atoms with Crippen molar-refractivity contribution in [1.82, 2.24) is 9.80 Å². The van der Waals surface area contributed by atoms with Gasteiger partial charge in [-0.05, 0) is 49.8 Å². The summed E-state index contributed by atoms with van der Waals surface area (Å²) in [5.74, 6) is 0.422. The number of ether oxygens (including phenoxy) is 1. The fourth-order valence-electron chi connectivity index (χ4n) is 5.97. The number of aryl methyl sites for hydroxylation is 1. The molecule has 1 aliphatic heterocycles. The highest BCUT2D eigenvalue weighted by molar-refractivity contribution is 5.85. The summed E-state index contributed by atoms with van der Waals surface area (Å²) < 4.78 is 11.6. The summed E-state index contributed by atoms with van der Waals surface area (Å²) in [6.07, 6.45) is 9.49. The van der Waals surface area contributed by atoms with Crippen molar-refractivity contribution in [3.63, 3.8) is 0 Å². The lowest BCUT2D eigenvalue weighted by Gasteiger charge is -2.29. The minimum Gasteiger partial charge on any atom is -0.464 e. The van der Waals surface area contributed by atoms with E-state index in [0.717, 1.165) is 30.4 Å². The first-order chi connectivity index (χ1) is 19.5. The summed E-state index contributed by atoms with van der Waals surface area (Å²) in [4.78, 5) is 44.1. The molecule has 2 amide bonds. The molecule has 0 N–H and O–H groups in total. The maximum atomic E-state index is 13.9. The van der Waals surface area contributed by atoms with Crippen molar-refractivity contribution in [3.8, 4) is 0 Å². The number of hydrogen-bond acceptors (Lipinski definition) is 5. The van der Waals surface area contributed by atoms with E-state index < -0.39 is 0 Å². The molecule has 212 valence electrons. The number of fused-ring (bicyclic) bond motifs is 1. The molecular formula is C33H40N2O5. The van der Waals surface area contributed by atoms with E-state index in [1.807, 2.05) is 49.4 Å². The van der Waals surface area contributed by atoms with Crippen molar-refractivity contribution in [1.29, 1.82) is 0 Å². The minimum absolute atomic E-state index is 0.0103. The molecule has 0 spiro atoms. The van der Waals surface area contributed by atoms with E-state index >= 15 is 0 Å². The Bertz CT molecular complexity index is 1360. The number of carbonyl (C=O) groups is 2. The average molecular weight is 545 g/mol. The van der Waals surface area contributed by atoms with Crippen molar-refractivity contribution in [2.45, 2.75) is 77.5 Å². The van der Waals surface area contributed by atoms with Gasteiger partial charge in [-0.3, -0.25) is 14.4 Å². The summed E-state index contributed by atoms with van der Waals surface area (Å²) in [7, 11) is 0. The third kappa shape index (κ3) is 7.19.